The Bertz CT molecular complexity index is 700. The first-order valence-corrected chi connectivity index (χ1v) is 8.77. The molecule has 0 saturated carbocycles. The molecule has 1 amide bonds. The molecule has 0 bridgehead atoms. The molecular formula is C18H20BrN3O2. The molecule has 24 heavy (non-hydrogen) atoms. The van der Waals surface area contributed by atoms with Crippen LogP contribution in [0.2, 0.25) is 0 Å². The quantitative estimate of drug-likeness (QED) is 0.872. The van der Waals surface area contributed by atoms with Gasteiger partial charge in [-0.15, -0.1) is 0 Å². The molecule has 2 aromatic rings. The number of pyridine rings is 1. The van der Waals surface area contributed by atoms with E-state index >= 15 is 0 Å². The van der Waals surface area contributed by atoms with Crippen LogP contribution < -0.4 is 10.2 Å². The highest BCUT2D eigenvalue weighted by atomic mass is 79.9. The van der Waals surface area contributed by atoms with Crippen molar-refractivity contribution >= 4 is 27.5 Å². The standard InChI is InChI=1S/C18H20BrN3O2/c1-13(21-18(23)15-10-16(19)12-20-11-15)14-2-4-17(5-3-14)22-6-8-24-9-7-22/h2-5,10-13H,6-9H2,1H3,(H,21,23). The summed E-state index contributed by atoms with van der Waals surface area (Å²) in [4.78, 5) is 18.6. The number of hydrogen-bond donors (Lipinski definition) is 1. The molecule has 1 aromatic carbocycles. The minimum absolute atomic E-state index is 0.0739. The molecule has 0 aliphatic carbocycles. The number of nitrogens with zero attached hydrogens (tertiary/aromatic N) is 2. The number of hydrogen-bond acceptors (Lipinski definition) is 4. The summed E-state index contributed by atoms with van der Waals surface area (Å²) < 4.78 is 6.17. The molecule has 6 heteroatoms. The lowest BCUT2D eigenvalue weighted by atomic mass is 10.1. The molecule has 1 N–H and O–H groups in total. The molecule has 1 saturated heterocycles. The average Bonchev–Trinajstić information content (AvgIpc) is 2.62. The fraction of sp³-hybridized carbons (Fsp3) is 0.333. The van der Waals surface area contributed by atoms with Crippen LogP contribution in [0.5, 0.6) is 0 Å². The smallest absolute Gasteiger partial charge is 0.253 e. The molecule has 0 radical (unpaired) electrons. The Hall–Kier alpha value is -1.92. The van der Waals surface area contributed by atoms with Gasteiger partial charge in [0.1, 0.15) is 0 Å². The van der Waals surface area contributed by atoms with E-state index in [4.69, 9.17) is 4.74 Å². The Morgan fingerprint density at radius 2 is 1.96 bits per heavy atom. The van der Waals surface area contributed by atoms with Gasteiger partial charge in [-0.3, -0.25) is 9.78 Å². The Kier molecular flexibility index (Phi) is 5.48. The van der Waals surface area contributed by atoms with Crippen molar-refractivity contribution in [3.05, 3.63) is 58.3 Å². The molecule has 2 heterocycles. The minimum atomic E-state index is -0.131. The van der Waals surface area contributed by atoms with Crippen LogP contribution in [0.15, 0.2) is 47.2 Å². The van der Waals surface area contributed by atoms with Crippen LogP contribution in [0.1, 0.15) is 28.9 Å². The highest BCUT2D eigenvalue weighted by Crippen LogP contribution is 2.20. The summed E-state index contributed by atoms with van der Waals surface area (Å²) in [5, 5.41) is 3.01. The molecular weight excluding hydrogens is 370 g/mol. The molecule has 126 valence electrons. The molecule has 1 atom stereocenters. The lowest BCUT2D eigenvalue weighted by molar-refractivity contribution is 0.0939. The number of nitrogens with one attached hydrogen (secondary N) is 1. The SMILES string of the molecule is CC(NC(=O)c1cncc(Br)c1)c1ccc(N2CCOCC2)cc1. The van der Waals surface area contributed by atoms with Crippen LogP contribution in [0.4, 0.5) is 5.69 Å². The number of morpholine rings is 1. The number of carbonyl (C=O) groups excluding carboxylic acids is 1. The molecule has 1 aliphatic rings. The number of amides is 1. The van der Waals surface area contributed by atoms with Crippen molar-refractivity contribution in [2.45, 2.75) is 13.0 Å². The predicted octanol–water partition coefficient (Wildman–Crippen LogP) is 3.17. The van der Waals surface area contributed by atoms with Gasteiger partial charge in [0.2, 0.25) is 0 Å². The summed E-state index contributed by atoms with van der Waals surface area (Å²) in [5.74, 6) is -0.131. The molecule has 1 fully saturated rings. The number of carbonyl (C=O) groups is 1. The van der Waals surface area contributed by atoms with Gasteiger partial charge in [-0.1, -0.05) is 12.1 Å². The second-order valence-electron chi connectivity index (χ2n) is 5.78. The molecule has 0 spiro atoms. The van der Waals surface area contributed by atoms with E-state index in [1.165, 1.54) is 5.69 Å². The highest BCUT2D eigenvalue weighted by Gasteiger charge is 2.14. The average molecular weight is 390 g/mol. The number of halogens is 1. The van der Waals surface area contributed by atoms with Crippen LogP contribution in [0.25, 0.3) is 0 Å². The third-order valence-electron chi connectivity index (χ3n) is 4.08. The van der Waals surface area contributed by atoms with Crippen LogP contribution in [-0.4, -0.2) is 37.2 Å². The van der Waals surface area contributed by atoms with E-state index in [9.17, 15) is 4.79 Å². The van der Waals surface area contributed by atoms with E-state index in [1.807, 2.05) is 6.92 Å². The molecule has 1 aliphatic heterocycles. The fourth-order valence-electron chi connectivity index (χ4n) is 2.69. The zero-order valence-electron chi connectivity index (χ0n) is 13.5. The number of rotatable bonds is 4. The van der Waals surface area contributed by atoms with Gasteiger partial charge in [-0.25, -0.2) is 0 Å². The summed E-state index contributed by atoms with van der Waals surface area (Å²) in [6.07, 6.45) is 3.22. The van der Waals surface area contributed by atoms with Gasteiger partial charge in [0.15, 0.2) is 0 Å². The third kappa shape index (κ3) is 4.13. The first-order chi connectivity index (χ1) is 11.6. The lowest BCUT2D eigenvalue weighted by Gasteiger charge is -2.29. The van der Waals surface area contributed by atoms with Crippen molar-refractivity contribution in [1.82, 2.24) is 10.3 Å². The summed E-state index contributed by atoms with van der Waals surface area (Å²) >= 11 is 3.33. The van der Waals surface area contributed by atoms with E-state index in [0.29, 0.717) is 5.56 Å². The Labute approximate surface area is 150 Å². The van der Waals surface area contributed by atoms with Crippen LogP contribution in [0.3, 0.4) is 0 Å². The first kappa shape index (κ1) is 16.9. The van der Waals surface area contributed by atoms with Crippen molar-refractivity contribution in [3.63, 3.8) is 0 Å². The largest absolute Gasteiger partial charge is 0.378 e. The molecule has 1 unspecified atom stereocenters. The number of ether oxygens (including phenoxy) is 1. The Morgan fingerprint density at radius 1 is 1.25 bits per heavy atom. The van der Waals surface area contributed by atoms with Crippen molar-refractivity contribution in [2.75, 3.05) is 31.2 Å². The van der Waals surface area contributed by atoms with Gasteiger partial charge in [-0.05, 0) is 46.6 Å². The first-order valence-electron chi connectivity index (χ1n) is 7.97. The van der Waals surface area contributed by atoms with E-state index < -0.39 is 0 Å². The predicted molar refractivity (Wildman–Crippen MR) is 97.3 cm³/mol. The van der Waals surface area contributed by atoms with E-state index in [0.717, 1.165) is 36.3 Å². The van der Waals surface area contributed by atoms with Gasteiger partial charge < -0.3 is 15.0 Å². The molecule has 1 aromatic heterocycles. The zero-order valence-corrected chi connectivity index (χ0v) is 15.1. The minimum Gasteiger partial charge on any atom is -0.378 e. The normalized spacial score (nSPS) is 15.8. The Morgan fingerprint density at radius 3 is 2.62 bits per heavy atom. The van der Waals surface area contributed by atoms with Crippen LogP contribution in [-0.2, 0) is 4.74 Å². The monoisotopic (exact) mass is 389 g/mol. The van der Waals surface area contributed by atoms with Crippen molar-refractivity contribution < 1.29 is 9.53 Å². The van der Waals surface area contributed by atoms with Gasteiger partial charge >= 0.3 is 0 Å². The van der Waals surface area contributed by atoms with Gasteiger partial charge in [0.25, 0.3) is 5.91 Å². The maximum absolute atomic E-state index is 12.3. The Balaban J connectivity index is 1.64. The van der Waals surface area contributed by atoms with Crippen LogP contribution in [0, 0.1) is 0 Å². The van der Waals surface area contributed by atoms with Crippen LogP contribution >= 0.6 is 15.9 Å². The van der Waals surface area contributed by atoms with Gasteiger partial charge in [0, 0.05) is 35.6 Å². The summed E-state index contributed by atoms with van der Waals surface area (Å²) in [7, 11) is 0. The number of benzene rings is 1. The summed E-state index contributed by atoms with van der Waals surface area (Å²) in [6.45, 7) is 5.36. The molecule has 5 nitrogen and oxygen atoms in total. The zero-order chi connectivity index (χ0) is 16.9. The second kappa shape index (κ2) is 7.77. The van der Waals surface area contributed by atoms with Gasteiger partial charge in [0.05, 0.1) is 24.8 Å². The van der Waals surface area contributed by atoms with Crippen molar-refractivity contribution in [1.29, 1.82) is 0 Å². The number of anilines is 1. The van der Waals surface area contributed by atoms with E-state index in [2.05, 4.69) is 55.4 Å². The van der Waals surface area contributed by atoms with E-state index in [-0.39, 0.29) is 11.9 Å². The molecule has 3 rings (SSSR count). The van der Waals surface area contributed by atoms with Gasteiger partial charge in [-0.2, -0.15) is 0 Å². The topological polar surface area (TPSA) is 54.5 Å². The summed E-state index contributed by atoms with van der Waals surface area (Å²) in [6, 6.07) is 10.0. The van der Waals surface area contributed by atoms with E-state index in [1.54, 1.807) is 18.5 Å². The maximum Gasteiger partial charge on any atom is 0.253 e. The van der Waals surface area contributed by atoms with Crippen molar-refractivity contribution in [3.8, 4) is 0 Å². The highest BCUT2D eigenvalue weighted by molar-refractivity contribution is 9.10. The summed E-state index contributed by atoms with van der Waals surface area (Å²) in [5.41, 5.74) is 2.81. The lowest BCUT2D eigenvalue weighted by Crippen LogP contribution is -2.36. The fourth-order valence-corrected chi connectivity index (χ4v) is 3.06. The third-order valence-corrected chi connectivity index (χ3v) is 4.52. The maximum atomic E-state index is 12.3. The van der Waals surface area contributed by atoms with Crippen molar-refractivity contribution in [2.24, 2.45) is 0 Å². The number of aromatic nitrogens is 1. The second-order valence-corrected chi connectivity index (χ2v) is 6.69.